The van der Waals surface area contributed by atoms with Gasteiger partial charge in [0.15, 0.2) is 0 Å². The maximum atomic E-state index is 12.8. The van der Waals surface area contributed by atoms with Gasteiger partial charge in [-0.2, -0.15) is 0 Å². The van der Waals surface area contributed by atoms with Crippen LogP contribution in [0.1, 0.15) is 17.1 Å². The molecule has 0 saturated heterocycles. The Balaban J connectivity index is 1.76. The van der Waals surface area contributed by atoms with Crippen LogP contribution in [0.15, 0.2) is 34.0 Å². The molecule has 0 saturated carbocycles. The molecule has 4 nitrogen and oxygen atoms in total. The summed E-state index contributed by atoms with van der Waals surface area (Å²) in [4.78, 5) is 20.2. The third-order valence-electron chi connectivity index (χ3n) is 3.18. The lowest BCUT2D eigenvalue weighted by molar-refractivity contribution is 0.614. The Morgan fingerprint density at radius 3 is 2.90 bits per heavy atom. The molecule has 1 aliphatic rings. The van der Waals surface area contributed by atoms with Gasteiger partial charge in [0.1, 0.15) is 11.6 Å². The van der Waals surface area contributed by atoms with Gasteiger partial charge in [-0.05, 0) is 37.2 Å². The largest absolute Gasteiger partial charge is 0.311 e. The Morgan fingerprint density at radius 2 is 2.10 bits per heavy atom. The maximum Gasteiger partial charge on any atom is 0.254 e. The van der Waals surface area contributed by atoms with Crippen LogP contribution in [0.2, 0.25) is 0 Å². The minimum absolute atomic E-state index is 0.0359. The summed E-state index contributed by atoms with van der Waals surface area (Å²) in [5.74, 6) is 0.973. The second kappa shape index (κ2) is 5.76. The molecule has 1 aliphatic heterocycles. The quantitative estimate of drug-likeness (QED) is 0.847. The second-order valence-corrected chi connectivity index (χ2v) is 5.66. The number of H-pyrrole nitrogens is 1. The smallest absolute Gasteiger partial charge is 0.254 e. The molecule has 0 radical (unpaired) electrons. The molecule has 2 aromatic rings. The number of benzene rings is 1. The summed E-state index contributed by atoms with van der Waals surface area (Å²) in [5, 5.41) is 3.21. The number of nitrogens with one attached hydrogen (secondary N) is 2. The summed E-state index contributed by atoms with van der Waals surface area (Å²) in [5.41, 5.74) is 1.60. The molecule has 0 aliphatic carbocycles. The summed E-state index contributed by atoms with van der Waals surface area (Å²) in [6.07, 6.45) is 0.725. The van der Waals surface area contributed by atoms with Crippen molar-refractivity contribution in [3.63, 3.8) is 0 Å². The van der Waals surface area contributed by atoms with Crippen molar-refractivity contribution in [2.24, 2.45) is 0 Å². The van der Waals surface area contributed by atoms with Crippen LogP contribution in [0.4, 0.5) is 4.39 Å². The van der Waals surface area contributed by atoms with E-state index in [1.165, 1.54) is 23.9 Å². The Hall–Kier alpha value is -1.66. The number of fused-ring (bicyclic) bond motifs is 1. The van der Waals surface area contributed by atoms with Gasteiger partial charge in [0.05, 0.1) is 11.4 Å². The van der Waals surface area contributed by atoms with Gasteiger partial charge in [-0.15, -0.1) is 11.8 Å². The monoisotopic (exact) mass is 291 g/mol. The summed E-state index contributed by atoms with van der Waals surface area (Å²) < 4.78 is 12.8. The predicted molar refractivity (Wildman–Crippen MR) is 76.2 cm³/mol. The van der Waals surface area contributed by atoms with Crippen molar-refractivity contribution < 1.29 is 4.39 Å². The molecule has 0 atom stereocenters. The van der Waals surface area contributed by atoms with E-state index in [1.807, 2.05) is 0 Å². The normalized spacial score (nSPS) is 14.1. The zero-order valence-electron chi connectivity index (χ0n) is 10.8. The highest BCUT2D eigenvalue weighted by molar-refractivity contribution is 7.98. The van der Waals surface area contributed by atoms with Gasteiger partial charge in [-0.3, -0.25) is 4.79 Å². The van der Waals surface area contributed by atoms with Crippen LogP contribution >= 0.6 is 11.8 Å². The van der Waals surface area contributed by atoms with Gasteiger partial charge in [-0.25, -0.2) is 9.37 Å². The summed E-state index contributed by atoms with van der Waals surface area (Å²) in [6.45, 7) is 1.47. The van der Waals surface area contributed by atoms with E-state index in [9.17, 15) is 9.18 Å². The van der Waals surface area contributed by atoms with E-state index in [4.69, 9.17) is 0 Å². The Morgan fingerprint density at radius 1 is 1.30 bits per heavy atom. The van der Waals surface area contributed by atoms with Gasteiger partial charge in [-0.1, -0.05) is 0 Å². The molecule has 0 bridgehead atoms. The van der Waals surface area contributed by atoms with E-state index in [0.717, 1.165) is 29.1 Å². The zero-order chi connectivity index (χ0) is 13.9. The van der Waals surface area contributed by atoms with Crippen LogP contribution in [0, 0.1) is 5.82 Å². The van der Waals surface area contributed by atoms with Crippen molar-refractivity contribution in [1.29, 1.82) is 0 Å². The molecule has 0 amide bonds. The molecule has 20 heavy (non-hydrogen) atoms. The number of nitrogens with zero attached hydrogens (tertiary/aromatic N) is 1. The topological polar surface area (TPSA) is 57.8 Å². The fraction of sp³-hybridized carbons (Fsp3) is 0.286. The molecule has 2 N–H and O–H groups in total. The van der Waals surface area contributed by atoms with Crippen LogP contribution in [-0.2, 0) is 18.7 Å². The maximum absolute atomic E-state index is 12.8. The van der Waals surface area contributed by atoms with Crippen molar-refractivity contribution in [2.75, 3.05) is 6.54 Å². The number of thioether (sulfide) groups is 1. The molecule has 6 heteroatoms. The Bertz CT molecular complexity index is 669. The van der Waals surface area contributed by atoms with Gasteiger partial charge in [0.25, 0.3) is 5.56 Å². The Labute approximate surface area is 119 Å². The van der Waals surface area contributed by atoms with Gasteiger partial charge in [0, 0.05) is 17.0 Å². The van der Waals surface area contributed by atoms with Crippen LogP contribution < -0.4 is 10.9 Å². The van der Waals surface area contributed by atoms with Crippen LogP contribution in [-0.4, -0.2) is 16.5 Å². The summed E-state index contributed by atoms with van der Waals surface area (Å²) >= 11 is 1.52. The van der Waals surface area contributed by atoms with Crippen molar-refractivity contribution in [3.05, 3.63) is 57.5 Å². The molecule has 0 unspecified atom stereocenters. The first-order valence-corrected chi connectivity index (χ1v) is 7.41. The Kier molecular flexibility index (Phi) is 3.84. The molecule has 3 rings (SSSR count). The van der Waals surface area contributed by atoms with Crippen molar-refractivity contribution in [1.82, 2.24) is 15.3 Å². The molecule has 1 aromatic carbocycles. The van der Waals surface area contributed by atoms with Gasteiger partial charge in [0.2, 0.25) is 0 Å². The van der Waals surface area contributed by atoms with Crippen LogP contribution in [0.5, 0.6) is 0 Å². The lowest BCUT2D eigenvalue weighted by Gasteiger charge is -2.15. The first kappa shape index (κ1) is 13.3. The van der Waals surface area contributed by atoms with E-state index < -0.39 is 0 Å². The number of aromatic nitrogens is 2. The van der Waals surface area contributed by atoms with E-state index in [0.29, 0.717) is 18.1 Å². The van der Waals surface area contributed by atoms with Crippen LogP contribution in [0.25, 0.3) is 0 Å². The highest BCUT2D eigenvalue weighted by Gasteiger charge is 2.14. The van der Waals surface area contributed by atoms with Crippen molar-refractivity contribution in [2.45, 2.75) is 23.6 Å². The molecular weight excluding hydrogens is 277 g/mol. The first-order chi connectivity index (χ1) is 9.72. The first-order valence-electron chi connectivity index (χ1n) is 6.42. The lowest BCUT2D eigenvalue weighted by Crippen LogP contribution is -2.31. The van der Waals surface area contributed by atoms with E-state index in [2.05, 4.69) is 15.3 Å². The minimum Gasteiger partial charge on any atom is -0.311 e. The average Bonchev–Trinajstić information content (AvgIpc) is 2.47. The van der Waals surface area contributed by atoms with Crippen molar-refractivity contribution in [3.8, 4) is 0 Å². The zero-order valence-corrected chi connectivity index (χ0v) is 11.6. The molecular formula is C14H14FN3OS. The number of rotatable bonds is 3. The molecule has 104 valence electrons. The highest BCUT2D eigenvalue weighted by Crippen LogP contribution is 2.21. The fourth-order valence-corrected chi connectivity index (χ4v) is 2.94. The SMILES string of the molecule is O=c1[nH]c(CSc2ccc(F)cc2)nc2c1CCNC2. The second-order valence-electron chi connectivity index (χ2n) is 4.61. The molecule has 0 spiro atoms. The third kappa shape index (κ3) is 2.91. The lowest BCUT2D eigenvalue weighted by atomic mass is 10.1. The highest BCUT2D eigenvalue weighted by atomic mass is 32.2. The number of halogens is 1. The average molecular weight is 291 g/mol. The third-order valence-corrected chi connectivity index (χ3v) is 4.21. The summed E-state index contributed by atoms with van der Waals surface area (Å²) in [7, 11) is 0. The standard InChI is InChI=1S/C14H14FN3OS/c15-9-1-3-10(4-2-9)20-8-13-17-12-7-16-6-5-11(12)14(19)18-13/h1-4,16H,5-8H2,(H,17,18,19). The number of hydrogen-bond donors (Lipinski definition) is 2. The van der Waals surface area contributed by atoms with Crippen molar-refractivity contribution >= 4 is 11.8 Å². The predicted octanol–water partition coefficient (Wildman–Crippen LogP) is 1.85. The fourth-order valence-electron chi connectivity index (χ4n) is 2.17. The summed E-state index contributed by atoms with van der Waals surface area (Å²) in [6, 6.07) is 6.29. The minimum atomic E-state index is -0.249. The van der Waals surface area contributed by atoms with E-state index in [-0.39, 0.29) is 11.4 Å². The molecule has 1 aromatic heterocycles. The number of aromatic amines is 1. The molecule has 0 fully saturated rings. The van der Waals surface area contributed by atoms with Crippen LogP contribution in [0.3, 0.4) is 0 Å². The van der Waals surface area contributed by atoms with Gasteiger partial charge >= 0.3 is 0 Å². The van der Waals surface area contributed by atoms with E-state index >= 15 is 0 Å². The van der Waals surface area contributed by atoms with E-state index in [1.54, 1.807) is 12.1 Å². The molecule has 2 heterocycles. The van der Waals surface area contributed by atoms with Gasteiger partial charge < -0.3 is 10.3 Å². The number of hydrogen-bond acceptors (Lipinski definition) is 4.